The fourth-order valence-corrected chi connectivity index (χ4v) is 2.96. The summed E-state index contributed by atoms with van der Waals surface area (Å²) < 4.78 is 0. The molecule has 0 heterocycles. The van der Waals surface area contributed by atoms with E-state index in [2.05, 4.69) is 37.3 Å². The third-order valence-corrected chi connectivity index (χ3v) is 4.05. The number of aliphatic hydroxyl groups excluding tert-OH is 1. The van der Waals surface area contributed by atoms with Gasteiger partial charge in [-0.25, -0.2) is 0 Å². The van der Waals surface area contributed by atoms with Crippen molar-refractivity contribution in [3.8, 4) is 0 Å². The SMILES string of the molecule is Cc1cccc(C(O)c2ccc3c(c2)CCCC3)c1. The lowest BCUT2D eigenvalue weighted by molar-refractivity contribution is 0.220. The molecule has 1 aliphatic rings. The first-order valence-electron chi connectivity index (χ1n) is 7.10. The zero-order chi connectivity index (χ0) is 13.2. The van der Waals surface area contributed by atoms with E-state index < -0.39 is 6.10 Å². The van der Waals surface area contributed by atoms with E-state index in [0.29, 0.717) is 0 Å². The molecule has 0 fully saturated rings. The van der Waals surface area contributed by atoms with Crippen LogP contribution in [0, 0.1) is 6.92 Å². The van der Waals surface area contributed by atoms with Crippen molar-refractivity contribution in [1.82, 2.24) is 0 Å². The molecule has 1 heteroatoms. The molecule has 2 aromatic carbocycles. The Labute approximate surface area is 114 Å². The molecule has 1 N–H and O–H groups in total. The standard InChI is InChI=1S/C18H20O/c1-13-5-4-8-16(11-13)18(19)17-10-9-14-6-2-3-7-15(14)12-17/h4-5,8-12,18-19H,2-3,6-7H2,1H3. The zero-order valence-corrected chi connectivity index (χ0v) is 11.4. The van der Waals surface area contributed by atoms with Crippen molar-refractivity contribution < 1.29 is 5.11 Å². The largest absolute Gasteiger partial charge is 0.384 e. The lowest BCUT2D eigenvalue weighted by atomic mass is 9.88. The maximum Gasteiger partial charge on any atom is 0.104 e. The maximum absolute atomic E-state index is 10.5. The second kappa shape index (κ2) is 5.18. The Morgan fingerprint density at radius 1 is 0.895 bits per heavy atom. The highest BCUT2D eigenvalue weighted by atomic mass is 16.3. The number of rotatable bonds is 2. The van der Waals surface area contributed by atoms with Crippen molar-refractivity contribution in [3.05, 3.63) is 70.3 Å². The summed E-state index contributed by atoms with van der Waals surface area (Å²) in [6, 6.07) is 14.6. The Bertz CT molecular complexity index is 586. The summed E-state index contributed by atoms with van der Waals surface area (Å²) in [7, 11) is 0. The van der Waals surface area contributed by atoms with Gasteiger partial charge in [-0.3, -0.25) is 0 Å². The van der Waals surface area contributed by atoms with E-state index >= 15 is 0 Å². The zero-order valence-electron chi connectivity index (χ0n) is 11.4. The molecule has 1 atom stereocenters. The molecule has 0 bridgehead atoms. The molecule has 1 nitrogen and oxygen atoms in total. The van der Waals surface area contributed by atoms with Crippen LogP contribution in [0.3, 0.4) is 0 Å². The summed E-state index contributed by atoms with van der Waals surface area (Å²) in [5.74, 6) is 0. The van der Waals surface area contributed by atoms with E-state index in [4.69, 9.17) is 0 Å². The fraction of sp³-hybridized carbons (Fsp3) is 0.333. The van der Waals surface area contributed by atoms with E-state index in [9.17, 15) is 5.11 Å². The Morgan fingerprint density at radius 3 is 2.42 bits per heavy atom. The van der Waals surface area contributed by atoms with Gasteiger partial charge in [0.2, 0.25) is 0 Å². The van der Waals surface area contributed by atoms with Gasteiger partial charge in [-0.15, -0.1) is 0 Å². The Kier molecular flexibility index (Phi) is 3.39. The van der Waals surface area contributed by atoms with Gasteiger partial charge in [0, 0.05) is 0 Å². The van der Waals surface area contributed by atoms with Gasteiger partial charge in [0.05, 0.1) is 0 Å². The summed E-state index contributed by atoms with van der Waals surface area (Å²) >= 11 is 0. The number of aliphatic hydroxyl groups is 1. The molecule has 0 saturated heterocycles. The molecule has 0 radical (unpaired) electrons. The number of benzene rings is 2. The van der Waals surface area contributed by atoms with E-state index in [1.807, 2.05) is 12.1 Å². The Morgan fingerprint density at radius 2 is 1.63 bits per heavy atom. The molecule has 19 heavy (non-hydrogen) atoms. The van der Waals surface area contributed by atoms with Crippen LogP contribution in [0.15, 0.2) is 42.5 Å². The molecule has 0 amide bonds. The summed E-state index contributed by atoms with van der Waals surface area (Å²) in [6.45, 7) is 2.06. The Balaban J connectivity index is 1.93. The predicted molar refractivity (Wildman–Crippen MR) is 78.3 cm³/mol. The van der Waals surface area contributed by atoms with Crippen LogP contribution >= 0.6 is 0 Å². The third-order valence-electron chi connectivity index (χ3n) is 4.05. The lowest BCUT2D eigenvalue weighted by Crippen LogP contribution is -2.06. The van der Waals surface area contributed by atoms with Crippen LogP contribution in [0.5, 0.6) is 0 Å². The first-order valence-corrected chi connectivity index (χ1v) is 7.10. The van der Waals surface area contributed by atoms with Crippen molar-refractivity contribution in [2.45, 2.75) is 38.7 Å². The minimum Gasteiger partial charge on any atom is -0.384 e. The highest BCUT2D eigenvalue weighted by Gasteiger charge is 2.14. The molecule has 0 aromatic heterocycles. The van der Waals surface area contributed by atoms with E-state index in [0.717, 1.165) is 17.5 Å². The van der Waals surface area contributed by atoms with Crippen LogP contribution in [0.2, 0.25) is 0 Å². The minimum absolute atomic E-state index is 0.507. The van der Waals surface area contributed by atoms with Crippen molar-refractivity contribution in [2.75, 3.05) is 0 Å². The maximum atomic E-state index is 10.5. The molecule has 3 rings (SSSR count). The summed E-state index contributed by atoms with van der Waals surface area (Å²) in [5, 5.41) is 10.5. The quantitative estimate of drug-likeness (QED) is 0.858. The van der Waals surface area contributed by atoms with Crippen molar-refractivity contribution in [3.63, 3.8) is 0 Å². The monoisotopic (exact) mass is 252 g/mol. The van der Waals surface area contributed by atoms with Crippen LogP contribution in [-0.2, 0) is 12.8 Å². The molecular formula is C18H20O. The van der Waals surface area contributed by atoms with Crippen LogP contribution in [0.25, 0.3) is 0 Å². The van der Waals surface area contributed by atoms with Crippen LogP contribution in [-0.4, -0.2) is 5.11 Å². The smallest absolute Gasteiger partial charge is 0.104 e. The highest BCUT2D eigenvalue weighted by molar-refractivity contribution is 5.38. The first-order chi connectivity index (χ1) is 9.24. The van der Waals surface area contributed by atoms with Gasteiger partial charge in [-0.05, 0) is 54.9 Å². The van der Waals surface area contributed by atoms with E-state index in [-0.39, 0.29) is 0 Å². The van der Waals surface area contributed by atoms with Gasteiger partial charge in [-0.1, -0.05) is 48.0 Å². The highest BCUT2D eigenvalue weighted by Crippen LogP contribution is 2.28. The van der Waals surface area contributed by atoms with Crippen LogP contribution < -0.4 is 0 Å². The molecule has 0 spiro atoms. The van der Waals surface area contributed by atoms with E-state index in [1.54, 1.807) is 0 Å². The fourth-order valence-electron chi connectivity index (χ4n) is 2.96. The third kappa shape index (κ3) is 2.57. The number of hydrogen-bond acceptors (Lipinski definition) is 1. The molecule has 1 aliphatic carbocycles. The molecule has 98 valence electrons. The molecule has 2 aromatic rings. The van der Waals surface area contributed by atoms with Crippen LogP contribution in [0.1, 0.15) is 46.8 Å². The normalized spacial score (nSPS) is 15.9. The second-order valence-electron chi connectivity index (χ2n) is 5.55. The predicted octanol–water partition coefficient (Wildman–Crippen LogP) is 3.96. The second-order valence-corrected chi connectivity index (χ2v) is 5.55. The van der Waals surface area contributed by atoms with Crippen LogP contribution in [0.4, 0.5) is 0 Å². The van der Waals surface area contributed by atoms with Gasteiger partial charge in [0.1, 0.15) is 6.10 Å². The van der Waals surface area contributed by atoms with Crippen molar-refractivity contribution in [2.24, 2.45) is 0 Å². The van der Waals surface area contributed by atoms with Gasteiger partial charge in [0.15, 0.2) is 0 Å². The molecule has 0 saturated carbocycles. The molecule has 1 unspecified atom stereocenters. The summed E-state index contributed by atoms with van der Waals surface area (Å²) in [6.07, 6.45) is 4.41. The average Bonchev–Trinajstić information content (AvgIpc) is 2.46. The molecular weight excluding hydrogens is 232 g/mol. The van der Waals surface area contributed by atoms with Gasteiger partial charge in [0.25, 0.3) is 0 Å². The topological polar surface area (TPSA) is 20.2 Å². The van der Waals surface area contributed by atoms with Crippen molar-refractivity contribution >= 4 is 0 Å². The van der Waals surface area contributed by atoms with Crippen molar-refractivity contribution in [1.29, 1.82) is 0 Å². The number of hydrogen-bond donors (Lipinski definition) is 1. The van der Waals surface area contributed by atoms with Gasteiger partial charge < -0.3 is 5.11 Å². The van der Waals surface area contributed by atoms with E-state index in [1.165, 1.54) is 36.0 Å². The number of aryl methyl sites for hydroxylation is 3. The average molecular weight is 252 g/mol. The lowest BCUT2D eigenvalue weighted by Gasteiger charge is -2.19. The molecule has 0 aliphatic heterocycles. The first kappa shape index (κ1) is 12.4. The summed E-state index contributed by atoms with van der Waals surface area (Å²) in [4.78, 5) is 0. The Hall–Kier alpha value is -1.60. The van der Waals surface area contributed by atoms with Gasteiger partial charge in [-0.2, -0.15) is 0 Å². The summed E-state index contributed by atoms with van der Waals surface area (Å²) in [5.41, 5.74) is 6.08. The van der Waals surface area contributed by atoms with Gasteiger partial charge >= 0.3 is 0 Å². The number of fused-ring (bicyclic) bond motifs is 1. The minimum atomic E-state index is -0.507.